The maximum Gasteiger partial charge on any atom is 0.326 e. The number of benzene rings is 1. The minimum absolute atomic E-state index is 0.00520. The van der Waals surface area contributed by atoms with Gasteiger partial charge in [-0.2, -0.15) is 0 Å². The zero-order valence-corrected chi connectivity index (χ0v) is 21.7. The fourth-order valence-electron chi connectivity index (χ4n) is 4.26. The van der Waals surface area contributed by atoms with Gasteiger partial charge >= 0.3 is 5.97 Å². The van der Waals surface area contributed by atoms with Crippen molar-refractivity contribution in [1.29, 1.82) is 0 Å². The number of amides is 3. The van der Waals surface area contributed by atoms with Crippen molar-refractivity contribution in [3.63, 3.8) is 0 Å². The molecule has 1 aromatic carbocycles. The molecule has 0 aliphatic carbocycles. The Bertz CT molecular complexity index is 901. The number of aromatic hydroxyl groups is 1. The molecule has 1 aromatic rings. The van der Waals surface area contributed by atoms with Gasteiger partial charge in [-0.05, 0) is 75.2 Å². The van der Waals surface area contributed by atoms with Gasteiger partial charge in [0.05, 0.1) is 6.04 Å². The third-order valence-corrected chi connectivity index (χ3v) is 6.29. The van der Waals surface area contributed by atoms with Crippen LogP contribution in [0.4, 0.5) is 0 Å². The van der Waals surface area contributed by atoms with Gasteiger partial charge in [-0.1, -0.05) is 26.0 Å². The van der Waals surface area contributed by atoms with E-state index >= 15 is 0 Å². The average Bonchev–Trinajstić information content (AvgIpc) is 3.38. The summed E-state index contributed by atoms with van der Waals surface area (Å²) < 4.78 is 0. The van der Waals surface area contributed by atoms with Crippen LogP contribution >= 0.6 is 0 Å². The molecule has 0 spiro atoms. The largest absolute Gasteiger partial charge is 0.508 e. The van der Waals surface area contributed by atoms with Crippen molar-refractivity contribution in [1.82, 2.24) is 21.3 Å². The molecule has 0 radical (unpaired) electrons. The molecule has 3 amide bonds. The highest BCUT2D eigenvalue weighted by Crippen LogP contribution is 2.13. The molecular weight excluding hydrogens is 478 g/mol. The second-order valence-electron chi connectivity index (χ2n) is 9.96. The summed E-state index contributed by atoms with van der Waals surface area (Å²) >= 11 is 0. The van der Waals surface area contributed by atoms with Gasteiger partial charge in [0.1, 0.15) is 23.9 Å². The van der Waals surface area contributed by atoms with Crippen molar-refractivity contribution < 1.29 is 29.4 Å². The number of carbonyl (C=O) groups is 4. The fourth-order valence-corrected chi connectivity index (χ4v) is 4.26. The number of phenolic OH excluding ortho intramolecular Hbond substituents is 1. The first-order chi connectivity index (χ1) is 17.6. The van der Waals surface area contributed by atoms with Crippen LogP contribution in [0, 0.1) is 5.92 Å². The number of rotatable bonds is 15. The van der Waals surface area contributed by atoms with E-state index in [0.29, 0.717) is 37.8 Å². The van der Waals surface area contributed by atoms with Crippen molar-refractivity contribution >= 4 is 23.7 Å². The van der Waals surface area contributed by atoms with Gasteiger partial charge in [-0.25, -0.2) is 4.79 Å². The van der Waals surface area contributed by atoms with Crippen LogP contribution in [0.5, 0.6) is 5.75 Å². The Labute approximate surface area is 217 Å². The summed E-state index contributed by atoms with van der Waals surface area (Å²) in [5.74, 6) is -2.42. The molecule has 4 atom stereocenters. The predicted octanol–water partition coefficient (Wildman–Crippen LogP) is 0.401. The van der Waals surface area contributed by atoms with Crippen molar-refractivity contribution in [2.75, 3.05) is 13.1 Å². The molecule has 0 bridgehead atoms. The Balaban J connectivity index is 2.11. The molecule has 4 unspecified atom stereocenters. The van der Waals surface area contributed by atoms with Crippen molar-refractivity contribution in [3.8, 4) is 5.75 Å². The van der Waals surface area contributed by atoms with E-state index in [2.05, 4.69) is 21.3 Å². The van der Waals surface area contributed by atoms with Crippen LogP contribution in [0.25, 0.3) is 0 Å². The molecular formula is C26H41N5O6. The first kappa shape index (κ1) is 30.0. The SMILES string of the molecule is CC(C)CC(NC(=O)C1CCCN1)C(=O)NC(CCCCN)C(=O)NC(Cc1ccc(O)cc1)C(=O)O. The van der Waals surface area contributed by atoms with Crippen LogP contribution < -0.4 is 27.0 Å². The molecule has 11 heteroatoms. The second kappa shape index (κ2) is 15.2. The fraction of sp³-hybridized carbons (Fsp3) is 0.615. The van der Waals surface area contributed by atoms with Gasteiger partial charge in [-0.3, -0.25) is 14.4 Å². The van der Waals surface area contributed by atoms with E-state index in [4.69, 9.17) is 5.73 Å². The quantitative estimate of drug-likeness (QED) is 0.162. The number of aliphatic carboxylic acids is 1. The van der Waals surface area contributed by atoms with Crippen molar-refractivity contribution in [3.05, 3.63) is 29.8 Å². The summed E-state index contributed by atoms with van der Waals surface area (Å²) in [5.41, 5.74) is 6.21. The average molecular weight is 520 g/mol. The summed E-state index contributed by atoms with van der Waals surface area (Å²) in [6.45, 7) is 5.04. The lowest BCUT2D eigenvalue weighted by Gasteiger charge is -2.26. The molecule has 0 saturated carbocycles. The number of phenols is 1. The summed E-state index contributed by atoms with van der Waals surface area (Å²) in [6.07, 6.45) is 3.44. The minimum Gasteiger partial charge on any atom is -0.508 e. The lowest BCUT2D eigenvalue weighted by Crippen LogP contribution is -2.57. The zero-order chi connectivity index (χ0) is 27.4. The molecule has 1 saturated heterocycles. The van der Waals surface area contributed by atoms with Gasteiger partial charge in [-0.15, -0.1) is 0 Å². The van der Waals surface area contributed by atoms with E-state index in [1.54, 1.807) is 12.1 Å². The Kier molecular flexibility index (Phi) is 12.3. The Morgan fingerprint density at radius 3 is 2.22 bits per heavy atom. The molecule has 1 heterocycles. The van der Waals surface area contributed by atoms with Crippen LogP contribution in [0.15, 0.2) is 24.3 Å². The number of hydrogen-bond acceptors (Lipinski definition) is 7. The summed E-state index contributed by atoms with van der Waals surface area (Å²) in [5, 5.41) is 30.3. The number of carboxylic acids is 1. The van der Waals surface area contributed by atoms with Gasteiger partial charge in [0.15, 0.2) is 0 Å². The van der Waals surface area contributed by atoms with Gasteiger partial charge < -0.3 is 37.2 Å². The van der Waals surface area contributed by atoms with E-state index in [-0.39, 0.29) is 36.5 Å². The standard InChI is InChI=1S/C26H41N5O6/c1-16(2)14-21(30-23(33)19-7-5-13-28-19)25(35)29-20(6-3-4-12-27)24(34)31-22(26(36)37)15-17-8-10-18(32)11-9-17/h8-11,16,19-22,28,32H,3-7,12-15,27H2,1-2H3,(H,29,35)(H,30,33)(H,31,34)(H,36,37). The second-order valence-corrected chi connectivity index (χ2v) is 9.96. The zero-order valence-electron chi connectivity index (χ0n) is 21.7. The maximum atomic E-state index is 13.2. The Morgan fingerprint density at radius 1 is 1.00 bits per heavy atom. The smallest absolute Gasteiger partial charge is 0.326 e. The highest BCUT2D eigenvalue weighted by molar-refractivity contribution is 5.94. The van der Waals surface area contributed by atoms with Gasteiger partial charge in [0.2, 0.25) is 17.7 Å². The molecule has 2 rings (SSSR count). The third-order valence-electron chi connectivity index (χ3n) is 6.29. The lowest BCUT2D eigenvalue weighted by atomic mass is 10.0. The van der Waals surface area contributed by atoms with Gasteiger partial charge in [0, 0.05) is 6.42 Å². The molecule has 11 nitrogen and oxygen atoms in total. The molecule has 37 heavy (non-hydrogen) atoms. The van der Waals surface area contributed by atoms with Gasteiger partial charge in [0.25, 0.3) is 0 Å². The Morgan fingerprint density at radius 2 is 1.65 bits per heavy atom. The number of carboxylic acid groups (broad SMARTS) is 1. The summed E-state index contributed by atoms with van der Waals surface area (Å²) in [4.78, 5) is 50.9. The van der Waals surface area contributed by atoms with E-state index in [0.717, 1.165) is 13.0 Å². The van der Waals surface area contributed by atoms with Crippen LogP contribution in [-0.2, 0) is 25.6 Å². The third kappa shape index (κ3) is 10.4. The van der Waals surface area contributed by atoms with Crippen molar-refractivity contribution in [2.24, 2.45) is 11.7 Å². The van der Waals surface area contributed by atoms with E-state index < -0.39 is 35.9 Å². The predicted molar refractivity (Wildman–Crippen MR) is 139 cm³/mol. The van der Waals surface area contributed by atoms with Crippen molar-refractivity contribution in [2.45, 2.75) is 83.0 Å². The van der Waals surface area contributed by atoms with E-state index in [9.17, 15) is 29.4 Å². The topological polar surface area (TPSA) is 183 Å². The number of carbonyl (C=O) groups excluding carboxylic acids is 3. The number of unbranched alkanes of at least 4 members (excludes halogenated alkanes) is 1. The maximum absolute atomic E-state index is 13.2. The Hall–Kier alpha value is -3.18. The van der Waals surface area contributed by atoms with Crippen LogP contribution in [0.1, 0.15) is 57.9 Å². The first-order valence-electron chi connectivity index (χ1n) is 13.0. The molecule has 206 valence electrons. The number of nitrogens with two attached hydrogens (primary N) is 1. The molecule has 1 aliphatic heterocycles. The minimum atomic E-state index is -1.23. The lowest BCUT2D eigenvalue weighted by molar-refractivity contribution is -0.142. The first-order valence-corrected chi connectivity index (χ1v) is 13.0. The molecule has 1 aliphatic rings. The summed E-state index contributed by atoms with van der Waals surface area (Å²) in [7, 11) is 0. The number of hydrogen-bond donors (Lipinski definition) is 7. The van der Waals surface area contributed by atoms with E-state index in [1.807, 2.05) is 13.8 Å². The molecule has 0 aromatic heterocycles. The molecule has 1 fully saturated rings. The monoisotopic (exact) mass is 519 g/mol. The normalized spacial score (nSPS) is 17.6. The highest BCUT2D eigenvalue weighted by Gasteiger charge is 2.31. The number of nitrogens with one attached hydrogen (secondary N) is 4. The van der Waals surface area contributed by atoms with E-state index in [1.165, 1.54) is 12.1 Å². The highest BCUT2D eigenvalue weighted by atomic mass is 16.4. The van der Waals surface area contributed by atoms with Crippen LogP contribution in [-0.4, -0.2) is 71.2 Å². The van der Waals surface area contributed by atoms with Crippen LogP contribution in [0.2, 0.25) is 0 Å². The summed E-state index contributed by atoms with van der Waals surface area (Å²) in [6, 6.07) is 2.65. The van der Waals surface area contributed by atoms with Crippen LogP contribution in [0.3, 0.4) is 0 Å². The molecule has 8 N–H and O–H groups in total.